The molecule has 3 heteroatoms. The van der Waals surface area contributed by atoms with Crippen LogP contribution in [0.1, 0.15) is 44.9 Å². The topological polar surface area (TPSA) is 32.3 Å². The highest BCUT2D eigenvalue weighted by atomic mass is 16.2. The average Bonchev–Trinajstić information content (AvgIpc) is 3.06. The van der Waals surface area contributed by atoms with Crippen LogP contribution in [-0.4, -0.2) is 36.5 Å². The smallest absolute Gasteiger partial charge is 0.223 e. The van der Waals surface area contributed by atoms with E-state index in [4.69, 9.17) is 0 Å². The van der Waals surface area contributed by atoms with Gasteiger partial charge in [-0.2, -0.15) is 0 Å². The van der Waals surface area contributed by atoms with Crippen LogP contribution >= 0.6 is 0 Å². The molecule has 0 aromatic rings. The van der Waals surface area contributed by atoms with Crippen molar-refractivity contribution in [3.8, 4) is 0 Å². The van der Waals surface area contributed by atoms with E-state index in [0.717, 1.165) is 37.5 Å². The number of rotatable bonds is 4. The summed E-state index contributed by atoms with van der Waals surface area (Å²) in [6.45, 7) is 2.88. The van der Waals surface area contributed by atoms with Crippen molar-refractivity contribution in [1.82, 2.24) is 10.2 Å². The van der Waals surface area contributed by atoms with Crippen molar-refractivity contribution in [2.45, 2.75) is 51.0 Å². The number of nitrogens with zero attached hydrogens (tertiary/aromatic N) is 1. The number of likely N-dealkylation sites (tertiary alicyclic amines) is 1. The van der Waals surface area contributed by atoms with Crippen LogP contribution in [0.15, 0.2) is 0 Å². The van der Waals surface area contributed by atoms with Gasteiger partial charge in [0.2, 0.25) is 5.91 Å². The Hall–Kier alpha value is -0.570. The molecule has 96 valence electrons. The lowest BCUT2D eigenvalue weighted by Crippen LogP contribution is -2.37. The Bertz CT molecular complexity index is 286. The van der Waals surface area contributed by atoms with Crippen LogP contribution in [-0.2, 0) is 4.79 Å². The van der Waals surface area contributed by atoms with Crippen molar-refractivity contribution in [1.29, 1.82) is 0 Å². The fourth-order valence-electron chi connectivity index (χ4n) is 3.98. The van der Waals surface area contributed by atoms with Gasteiger partial charge >= 0.3 is 0 Å². The standard InChI is InChI=1S/C14H24N2O/c17-14(16-7-1-2-8-16)5-6-15-13-10-11-3-4-12(13)9-11/h11-13,15H,1-10H2. The molecule has 1 aliphatic heterocycles. The summed E-state index contributed by atoms with van der Waals surface area (Å²) < 4.78 is 0. The highest BCUT2D eigenvalue weighted by molar-refractivity contribution is 5.76. The molecule has 3 aliphatic rings. The number of nitrogens with one attached hydrogen (secondary N) is 1. The largest absolute Gasteiger partial charge is 0.343 e. The summed E-state index contributed by atoms with van der Waals surface area (Å²) in [5.41, 5.74) is 0. The zero-order valence-electron chi connectivity index (χ0n) is 10.7. The van der Waals surface area contributed by atoms with Crippen LogP contribution in [0.3, 0.4) is 0 Å². The van der Waals surface area contributed by atoms with Gasteiger partial charge in [0.1, 0.15) is 0 Å². The molecule has 3 unspecified atom stereocenters. The summed E-state index contributed by atoms with van der Waals surface area (Å²) in [4.78, 5) is 13.9. The Morgan fingerprint density at radius 3 is 2.65 bits per heavy atom. The summed E-state index contributed by atoms with van der Waals surface area (Å²) in [6, 6.07) is 0.722. The third kappa shape index (κ3) is 2.49. The van der Waals surface area contributed by atoms with Crippen molar-refractivity contribution in [2.24, 2.45) is 11.8 Å². The lowest BCUT2D eigenvalue weighted by atomic mass is 9.95. The second-order valence-electron chi connectivity index (χ2n) is 6.07. The van der Waals surface area contributed by atoms with E-state index in [1.807, 2.05) is 4.90 Å². The lowest BCUT2D eigenvalue weighted by Gasteiger charge is -2.23. The quantitative estimate of drug-likeness (QED) is 0.807. The van der Waals surface area contributed by atoms with Crippen LogP contribution < -0.4 is 5.32 Å². The first kappa shape index (κ1) is 11.5. The molecular weight excluding hydrogens is 212 g/mol. The Labute approximate surface area is 104 Å². The molecule has 3 fully saturated rings. The first-order valence-electron chi connectivity index (χ1n) is 7.34. The minimum absolute atomic E-state index is 0.359. The second-order valence-corrected chi connectivity index (χ2v) is 6.07. The number of amides is 1. The highest BCUT2D eigenvalue weighted by Gasteiger charge is 2.38. The predicted octanol–water partition coefficient (Wildman–Crippen LogP) is 1.78. The van der Waals surface area contributed by atoms with Gasteiger partial charge in [-0.1, -0.05) is 6.42 Å². The maximum absolute atomic E-state index is 11.9. The van der Waals surface area contributed by atoms with Crippen molar-refractivity contribution >= 4 is 5.91 Å². The molecule has 1 heterocycles. The van der Waals surface area contributed by atoms with Crippen LogP contribution in [0.2, 0.25) is 0 Å². The minimum Gasteiger partial charge on any atom is -0.343 e. The number of hydrogen-bond acceptors (Lipinski definition) is 2. The molecule has 1 amide bonds. The van der Waals surface area contributed by atoms with Crippen LogP contribution in [0, 0.1) is 11.8 Å². The van der Waals surface area contributed by atoms with E-state index in [1.54, 1.807) is 0 Å². The van der Waals surface area contributed by atoms with Gasteiger partial charge in [-0.05, 0) is 43.9 Å². The van der Waals surface area contributed by atoms with Gasteiger partial charge in [0.15, 0.2) is 0 Å². The number of carbonyl (C=O) groups is 1. The summed E-state index contributed by atoms with van der Waals surface area (Å²) in [6.07, 6.45) is 8.78. The Balaban J connectivity index is 1.36. The van der Waals surface area contributed by atoms with E-state index in [9.17, 15) is 4.79 Å². The van der Waals surface area contributed by atoms with Crippen molar-refractivity contribution in [3.63, 3.8) is 0 Å². The summed E-state index contributed by atoms with van der Waals surface area (Å²) in [7, 11) is 0. The van der Waals surface area contributed by atoms with Crippen molar-refractivity contribution in [2.75, 3.05) is 19.6 Å². The fourth-order valence-corrected chi connectivity index (χ4v) is 3.98. The highest BCUT2D eigenvalue weighted by Crippen LogP contribution is 2.44. The van der Waals surface area contributed by atoms with E-state index >= 15 is 0 Å². The average molecular weight is 236 g/mol. The summed E-state index contributed by atoms with van der Waals surface area (Å²) >= 11 is 0. The molecule has 2 bridgehead atoms. The molecule has 3 nitrogen and oxygen atoms in total. The van der Waals surface area contributed by atoms with Gasteiger partial charge < -0.3 is 10.2 Å². The predicted molar refractivity (Wildman–Crippen MR) is 67.7 cm³/mol. The Kier molecular flexibility index (Phi) is 3.37. The van der Waals surface area contributed by atoms with Gasteiger partial charge in [0.25, 0.3) is 0 Å². The molecule has 0 aromatic heterocycles. The first-order valence-corrected chi connectivity index (χ1v) is 7.34. The fraction of sp³-hybridized carbons (Fsp3) is 0.929. The van der Waals surface area contributed by atoms with Gasteiger partial charge in [0.05, 0.1) is 0 Å². The van der Waals surface area contributed by atoms with E-state index in [1.165, 1.54) is 38.5 Å². The van der Waals surface area contributed by atoms with E-state index in [2.05, 4.69) is 5.32 Å². The monoisotopic (exact) mass is 236 g/mol. The molecule has 3 atom stereocenters. The van der Waals surface area contributed by atoms with Crippen LogP contribution in [0.25, 0.3) is 0 Å². The third-order valence-electron chi connectivity index (χ3n) is 4.94. The molecule has 1 saturated heterocycles. The molecule has 1 N–H and O–H groups in total. The van der Waals surface area contributed by atoms with E-state index in [0.29, 0.717) is 12.3 Å². The van der Waals surface area contributed by atoms with Gasteiger partial charge in [-0.25, -0.2) is 0 Å². The number of carbonyl (C=O) groups excluding carboxylic acids is 1. The summed E-state index contributed by atoms with van der Waals surface area (Å²) in [5.74, 6) is 2.27. The number of hydrogen-bond donors (Lipinski definition) is 1. The maximum atomic E-state index is 11.9. The van der Waals surface area contributed by atoms with E-state index in [-0.39, 0.29) is 0 Å². The molecule has 0 radical (unpaired) electrons. The minimum atomic E-state index is 0.359. The van der Waals surface area contributed by atoms with Crippen LogP contribution in [0.4, 0.5) is 0 Å². The molecule has 2 aliphatic carbocycles. The van der Waals surface area contributed by atoms with Gasteiger partial charge in [0, 0.05) is 32.1 Å². The van der Waals surface area contributed by atoms with Crippen LogP contribution in [0.5, 0.6) is 0 Å². The molecule has 0 spiro atoms. The maximum Gasteiger partial charge on any atom is 0.223 e. The Morgan fingerprint density at radius 1 is 1.18 bits per heavy atom. The van der Waals surface area contributed by atoms with Gasteiger partial charge in [-0.3, -0.25) is 4.79 Å². The zero-order valence-corrected chi connectivity index (χ0v) is 10.7. The molecule has 17 heavy (non-hydrogen) atoms. The molecule has 3 rings (SSSR count). The number of fused-ring (bicyclic) bond motifs is 2. The Morgan fingerprint density at radius 2 is 2.00 bits per heavy atom. The SMILES string of the molecule is O=C(CCNC1CC2CCC1C2)N1CCCC1. The van der Waals surface area contributed by atoms with Crippen molar-refractivity contribution < 1.29 is 4.79 Å². The molecule has 0 aromatic carbocycles. The van der Waals surface area contributed by atoms with E-state index < -0.39 is 0 Å². The second kappa shape index (κ2) is 4.97. The van der Waals surface area contributed by atoms with Crippen molar-refractivity contribution in [3.05, 3.63) is 0 Å². The summed E-state index contributed by atoms with van der Waals surface area (Å²) in [5, 5.41) is 3.62. The van der Waals surface area contributed by atoms with Gasteiger partial charge in [-0.15, -0.1) is 0 Å². The molecular formula is C14H24N2O. The lowest BCUT2D eigenvalue weighted by molar-refractivity contribution is -0.130. The zero-order chi connectivity index (χ0) is 11.7. The third-order valence-corrected chi connectivity index (χ3v) is 4.94. The molecule has 2 saturated carbocycles. The normalized spacial score (nSPS) is 35.8. The first-order chi connectivity index (χ1) is 8.33.